The zero-order valence-electron chi connectivity index (χ0n) is 30.9. The molecule has 2 rings (SSSR count). The first-order chi connectivity index (χ1) is 26.5. The summed E-state index contributed by atoms with van der Waals surface area (Å²) in [5.74, 6) is -7.44. The van der Waals surface area contributed by atoms with Crippen molar-refractivity contribution < 1.29 is 43.5 Å². The zero-order chi connectivity index (χ0) is 41.8. The van der Waals surface area contributed by atoms with Crippen LogP contribution in [0, 0.1) is 0 Å². The number of nitrogens with two attached hydrogens (primary N) is 5. The maximum atomic E-state index is 13.5. The third kappa shape index (κ3) is 17.0. The van der Waals surface area contributed by atoms with Crippen LogP contribution in [0.4, 0.5) is 0 Å². The van der Waals surface area contributed by atoms with Gasteiger partial charge >= 0.3 is 5.97 Å². The number of carboxylic acid groups (broad SMARTS) is 1. The van der Waals surface area contributed by atoms with Crippen LogP contribution < -0.4 is 55.3 Å². The number of aliphatic imine (C=N–C) groups is 1. The van der Waals surface area contributed by atoms with E-state index in [1.165, 1.54) is 19.4 Å². The Morgan fingerprint density at radius 3 is 1.75 bits per heavy atom. The Morgan fingerprint density at radius 2 is 1.23 bits per heavy atom. The van der Waals surface area contributed by atoms with Crippen molar-refractivity contribution in [2.24, 2.45) is 33.7 Å². The first-order valence-electron chi connectivity index (χ1n) is 17.6. The van der Waals surface area contributed by atoms with Crippen molar-refractivity contribution in [3.8, 4) is 0 Å². The molecule has 0 aliphatic heterocycles. The molecule has 22 nitrogen and oxygen atoms in total. The lowest BCUT2D eigenvalue weighted by Gasteiger charge is -2.26. The predicted octanol–water partition coefficient (Wildman–Crippen LogP) is -4.36. The molecule has 0 spiro atoms. The van der Waals surface area contributed by atoms with Crippen LogP contribution in [0.3, 0.4) is 0 Å². The highest BCUT2D eigenvalue weighted by Gasteiger charge is 2.32. The van der Waals surface area contributed by atoms with E-state index >= 15 is 0 Å². The van der Waals surface area contributed by atoms with Gasteiger partial charge in [-0.2, -0.15) is 0 Å². The summed E-state index contributed by atoms with van der Waals surface area (Å²) < 4.78 is 0. The molecule has 1 aromatic carbocycles. The van der Waals surface area contributed by atoms with Gasteiger partial charge in [-0.3, -0.25) is 38.6 Å². The van der Waals surface area contributed by atoms with E-state index in [-0.39, 0.29) is 63.9 Å². The standard InChI is InChI=1S/C34H51N13O9/c1-18(28(50)44-22(8-5-13-41-34(38)39)31(53)47-25(33(55)56)14-19-6-3-2-4-7-19)43-30(52)23(9-11-26(36)48)46-32(54)24(10-12-27(37)49)45-29(51)21(35)15-20-16-40-17-42-20/h2-4,6-7,16-18,21-25H,5,8-15,35H2,1H3,(H2,36,48)(H2,37,49)(H,40,42)(H,43,52)(H,44,50)(H,45,51)(H,46,54)(H,47,53)(H,55,56)(H4,38,39,41)/t18-,21-,22-,23-,24-,25-/m0/s1. The Morgan fingerprint density at radius 1 is 0.714 bits per heavy atom. The first kappa shape index (κ1) is 45.6. The molecule has 6 atom stereocenters. The number of hydrogen-bond donors (Lipinski definition) is 12. The number of benzene rings is 1. The number of rotatable bonds is 25. The lowest BCUT2D eigenvalue weighted by Crippen LogP contribution is -2.59. The summed E-state index contributed by atoms with van der Waals surface area (Å²) in [5.41, 5.74) is 28.5. The minimum Gasteiger partial charge on any atom is -0.480 e. The molecule has 7 amide bonds. The summed E-state index contributed by atoms with van der Waals surface area (Å²) in [6.45, 7) is 1.36. The van der Waals surface area contributed by atoms with Crippen LogP contribution in [0.2, 0.25) is 0 Å². The molecule has 2 aromatic rings. The normalized spacial score (nSPS) is 14.0. The molecule has 0 radical (unpaired) electrons. The van der Waals surface area contributed by atoms with Crippen LogP contribution in [0.1, 0.15) is 56.7 Å². The fourth-order valence-corrected chi connectivity index (χ4v) is 5.16. The van der Waals surface area contributed by atoms with E-state index < -0.39 is 83.6 Å². The number of hydrogen-bond acceptors (Lipinski definition) is 11. The number of amides is 7. The quantitative estimate of drug-likeness (QED) is 0.0258. The number of nitrogens with zero attached hydrogens (tertiary/aromatic N) is 2. The van der Waals surface area contributed by atoms with Crippen molar-refractivity contribution in [2.45, 2.75) is 94.5 Å². The number of carboxylic acids is 1. The van der Waals surface area contributed by atoms with Crippen LogP contribution in [0.15, 0.2) is 47.8 Å². The van der Waals surface area contributed by atoms with Crippen LogP contribution in [-0.4, -0.2) is 111 Å². The van der Waals surface area contributed by atoms with Crippen LogP contribution in [0.25, 0.3) is 0 Å². The number of carbonyl (C=O) groups is 8. The number of nitrogens with one attached hydrogen (secondary N) is 6. The van der Waals surface area contributed by atoms with E-state index in [2.05, 4.69) is 41.5 Å². The van der Waals surface area contributed by atoms with Crippen molar-refractivity contribution in [3.63, 3.8) is 0 Å². The van der Waals surface area contributed by atoms with Crippen molar-refractivity contribution in [1.82, 2.24) is 36.6 Å². The van der Waals surface area contributed by atoms with E-state index in [1.807, 2.05) is 0 Å². The van der Waals surface area contributed by atoms with Gasteiger partial charge in [0.2, 0.25) is 41.4 Å². The number of H-pyrrole nitrogens is 1. The van der Waals surface area contributed by atoms with Gasteiger partial charge in [0.1, 0.15) is 30.2 Å². The maximum absolute atomic E-state index is 13.5. The molecule has 22 heteroatoms. The molecule has 0 fully saturated rings. The van der Waals surface area contributed by atoms with Gasteiger partial charge in [-0.1, -0.05) is 30.3 Å². The molecule has 0 saturated carbocycles. The van der Waals surface area contributed by atoms with E-state index in [0.717, 1.165) is 0 Å². The average Bonchev–Trinajstić information content (AvgIpc) is 3.65. The first-order valence-corrected chi connectivity index (χ1v) is 17.6. The number of imidazole rings is 1. The second-order valence-electron chi connectivity index (χ2n) is 12.8. The minimum absolute atomic E-state index is 0.0338. The second-order valence-corrected chi connectivity index (χ2v) is 12.8. The van der Waals surface area contributed by atoms with Gasteiger partial charge in [-0.15, -0.1) is 0 Å². The maximum Gasteiger partial charge on any atom is 0.326 e. The van der Waals surface area contributed by atoms with E-state index in [1.54, 1.807) is 30.3 Å². The summed E-state index contributed by atoms with van der Waals surface area (Å²) >= 11 is 0. The number of aliphatic carboxylic acids is 1. The summed E-state index contributed by atoms with van der Waals surface area (Å²) in [4.78, 5) is 112. The number of carbonyl (C=O) groups excluding carboxylic acids is 7. The molecule has 1 heterocycles. The van der Waals surface area contributed by atoms with Crippen LogP contribution in [-0.2, 0) is 51.2 Å². The van der Waals surface area contributed by atoms with Gasteiger partial charge in [0.15, 0.2) is 5.96 Å². The molecular formula is C34H51N13O9. The summed E-state index contributed by atoms with van der Waals surface area (Å²) in [6, 6.07) is 0.539. The third-order valence-electron chi connectivity index (χ3n) is 8.18. The molecule has 56 heavy (non-hydrogen) atoms. The van der Waals surface area contributed by atoms with E-state index in [0.29, 0.717) is 11.3 Å². The van der Waals surface area contributed by atoms with Crippen molar-refractivity contribution in [1.29, 1.82) is 0 Å². The number of guanidine groups is 1. The lowest BCUT2D eigenvalue weighted by molar-refractivity contribution is -0.142. The molecule has 0 unspecified atom stereocenters. The Kier molecular flexibility index (Phi) is 18.9. The molecule has 17 N–H and O–H groups in total. The topological polar surface area (TPSA) is 388 Å². The van der Waals surface area contributed by atoms with Gasteiger partial charge < -0.3 is 65.3 Å². The summed E-state index contributed by atoms with van der Waals surface area (Å²) in [6.07, 6.45) is 1.68. The third-order valence-corrected chi connectivity index (χ3v) is 8.18. The zero-order valence-corrected chi connectivity index (χ0v) is 30.9. The van der Waals surface area contributed by atoms with Crippen molar-refractivity contribution >= 4 is 53.3 Å². The van der Waals surface area contributed by atoms with Crippen molar-refractivity contribution in [2.75, 3.05) is 6.54 Å². The number of aromatic amines is 1. The molecule has 0 bridgehead atoms. The lowest BCUT2D eigenvalue weighted by atomic mass is 10.0. The molecule has 0 aliphatic carbocycles. The molecule has 1 aromatic heterocycles. The van der Waals surface area contributed by atoms with Gasteiger partial charge in [0.25, 0.3) is 0 Å². The minimum atomic E-state index is -1.48. The molecule has 0 saturated heterocycles. The summed E-state index contributed by atoms with van der Waals surface area (Å²) in [5, 5.41) is 22.0. The number of primary amides is 2. The van der Waals surface area contributed by atoms with Gasteiger partial charge in [0, 0.05) is 44.1 Å². The van der Waals surface area contributed by atoms with Gasteiger partial charge in [0.05, 0.1) is 12.4 Å². The van der Waals surface area contributed by atoms with Crippen LogP contribution in [0.5, 0.6) is 0 Å². The largest absolute Gasteiger partial charge is 0.480 e. The van der Waals surface area contributed by atoms with Gasteiger partial charge in [-0.25, -0.2) is 9.78 Å². The Labute approximate surface area is 321 Å². The highest BCUT2D eigenvalue weighted by atomic mass is 16.4. The smallest absolute Gasteiger partial charge is 0.326 e. The molecule has 0 aliphatic rings. The van der Waals surface area contributed by atoms with E-state index in [9.17, 15) is 43.5 Å². The molecular weight excluding hydrogens is 734 g/mol. The fraction of sp³-hybridized carbons (Fsp3) is 0.471. The van der Waals surface area contributed by atoms with Crippen LogP contribution >= 0.6 is 0 Å². The SMILES string of the molecule is C[C@H](NC(=O)[C@H](CCC(N)=O)NC(=O)[C@H](CCC(N)=O)NC(=O)[C@@H](N)Cc1cnc[nH]1)C(=O)N[C@@H](CCCN=C(N)N)C(=O)N[C@@H](Cc1ccccc1)C(=O)O. The highest BCUT2D eigenvalue weighted by molar-refractivity contribution is 5.96. The fourth-order valence-electron chi connectivity index (χ4n) is 5.16. The Balaban J connectivity index is 2.20. The average molecular weight is 786 g/mol. The Bertz CT molecular complexity index is 1680. The van der Waals surface area contributed by atoms with E-state index in [4.69, 9.17) is 28.7 Å². The Hall–Kier alpha value is -6.58. The second kappa shape index (κ2) is 23.3. The highest BCUT2D eigenvalue weighted by Crippen LogP contribution is 2.08. The van der Waals surface area contributed by atoms with Crippen molar-refractivity contribution in [3.05, 3.63) is 54.1 Å². The number of aromatic nitrogens is 2. The summed E-state index contributed by atoms with van der Waals surface area (Å²) in [7, 11) is 0. The molecule has 306 valence electrons. The monoisotopic (exact) mass is 785 g/mol. The predicted molar refractivity (Wildman–Crippen MR) is 200 cm³/mol. The van der Waals surface area contributed by atoms with Gasteiger partial charge in [-0.05, 0) is 38.2 Å².